The van der Waals surface area contributed by atoms with Gasteiger partial charge in [0.15, 0.2) is 0 Å². The third-order valence-corrected chi connectivity index (χ3v) is 3.15. The van der Waals surface area contributed by atoms with Crippen molar-refractivity contribution in [3.63, 3.8) is 0 Å². The summed E-state index contributed by atoms with van der Waals surface area (Å²) in [5.74, 6) is 0.625. The van der Waals surface area contributed by atoms with Crippen molar-refractivity contribution in [1.29, 1.82) is 0 Å². The third-order valence-electron chi connectivity index (χ3n) is 2.25. The topological polar surface area (TPSA) is 69.6 Å². The van der Waals surface area contributed by atoms with Gasteiger partial charge in [-0.25, -0.2) is 4.79 Å². The minimum absolute atomic E-state index is 0.249. The summed E-state index contributed by atoms with van der Waals surface area (Å²) < 4.78 is 0. The number of nitrogens with one attached hydrogen (secondary N) is 1. The zero-order valence-electron chi connectivity index (χ0n) is 11.6. The molecule has 5 nitrogen and oxygen atoms in total. The summed E-state index contributed by atoms with van der Waals surface area (Å²) in [5.41, 5.74) is 0. The fraction of sp³-hybridized carbons (Fsp3) is 0.833. The Hall–Kier alpha value is -0.910. The van der Waals surface area contributed by atoms with Crippen molar-refractivity contribution in [2.45, 2.75) is 20.8 Å². The van der Waals surface area contributed by atoms with E-state index < -0.39 is 5.97 Å². The predicted octanol–water partition coefficient (Wildman–Crippen LogP) is 1.74. The van der Waals surface area contributed by atoms with Gasteiger partial charge in [0.2, 0.25) is 0 Å². The van der Waals surface area contributed by atoms with Crippen LogP contribution in [-0.2, 0) is 4.79 Å². The average molecular weight is 276 g/mol. The molecule has 2 N–H and O–H groups in total. The van der Waals surface area contributed by atoms with Gasteiger partial charge in [0, 0.05) is 13.1 Å². The Labute approximate surface area is 113 Å². The second-order valence-electron chi connectivity index (χ2n) is 4.91. The number of amides is 2. The molecule has 0 aliphatic rings. The predicted molar refractivity (Wildman–Crippen MR) is 75.0 cm³/mol. The molecule has 2 amide bonds. The summed E-state index contributed by atoms with van der Waals surface area (Å²) in [4.78, 5) is 23.9. The Morgan fingerprint density at radius 3 is 2.39 bits per heavy atom. The van der Waals surface area contributed by atoms with Gasteiger partial charge in [-0.3, -0.25) is 4.79 Å². The number of hydrogen-bond acceptors (Lipinski definition) is 3. The lowest BCUT2D eigenvalue weighted by atomic mass is 10.2. The summed E-state index contributed by atoms with van der Waals surface area (Å²) in [6.07, 6.45) is 2.02. The van der Waals surface area contributed by atoms with Crippen LogP contribution >= 0.6 is 11.8 Å². The van der Waals surface area contributed by atoms with Crippen molar-refractivity contribution < 1.29 is 14.7 Å². The van der Waals surface area contributed by atoms with E-state index in [-0.39, 0.29) is 18.5 Å². The van der Waals surface area contributed by atoms with E-state index in [1.165, 1.54) is 4.90 Å². The van der Waals surface area contributed by atoms with Crippen LogP contribution in [0, 0.1) is 11.8 Å². The lowest BCUT2D eigenvalue weighted by molar-refractivity contribution is -0.137. The Balaban J connectivity index is 4.24. The number of thioether (sulfide) groups is 1. The first kappa shape index (κ1) is 17.1. The normalized spacial score (nSPS) is 12.3. The Morgan fingerprint density at radius 1 is 1.33 bits per heavy atom. The number of carbonyl (C=O) groups is 2. The third kappa shape index (κ3) is 8.22. The van der Waals surface area contributed by atoms with Crippen LogP contribution in [0.25, 0.3) is 0 Å². The van der Waals surface area contributed by atoms with Crippen molar-refractivity contribution >= 4 is 23.8 Å². The zero-order chi connectivity index (χ0) is 14.1. The first-order valence-corrected chi connectivity index (χ1v) is 7.49. The molecule has 18 heavy (non-hydrogen) atoms. The van der Waals surface area contributed by atoms with Gasteiger partial charge in [-0.2, -0.15) is 11.8 Å². The summed E-state index contributed by atoms with van der Waals surface area (Å²) >= 11 is 1.73. The van der Waals surface area contributed by atoms with E-state index in [1.807, 2.05) is 20.1 Å². The van der Waals surface area contributed by atoms with E-state index in [2.05, 4.69) is 12.2 Å². The summed E-state index contributed by atoms with van der Waals surface area (Å²) in [7, 11) is 0. The number of carboxylic acid groups (broad SMARTS) is 1. The SMILES string of the molecule is CSCC(C)CNC(=O)N(CC(=O)O)CC(C)C. The highest BCUT2D eigenvalue weighted by atomic mass is 32.2. The summed E-state index contributed by atoms with van der Waals surface area (Å²) in [5, 5.41) is 11.6. The van der Waals surface area contributed by atoms with Crippen LogP contribution in [-0.4, -0.2) is 53.6 Å². The average Bonchev–Trinajstić information content (AvgIpc) is 2.24. The second kappa shape index (κ2) is 9.08. The number of hydrogen-bond donors (Lipinski definition) is 2. The molecule has 1 unspecified atom stereocenters. The van der Waals surface area contributed by atoms with E-state index in [9.17, 15) is 9.59 Å². The smallest absolute Gasteiger partial charge is 0.323 e. The minimum atomic E-state index is -0.983. The Morgan fingerprint density at radius 2 is 1.94 bits per heavy atom. The monoisotopic (exact) mass is 276 g/mol. The van der Waals surface area contributed by atoms with Crippen LogP contribution in [0.2, 0.25) is 0 Å². The van der Waals surface area contributed by atoms with E-state index >= 15 is 0 Å². The highest BCUT2D eigenvalue weighted by molar-refractivity contribution is 7.98. The van der Waals surface area contributed by atoms with Gasteiger partial charge in [-0.1, -0.05) is 20.8 Å². The molecule has 0 bridgehead atoms. The van der Waals surface area contributed by atoms with E-state index in [0.717, 1.165) is 5.75 Å². The van der Waals surface area contributed by atoms with Crippen LogP contribution in [0.4, 0.5) is 4.79 Å². The maximum absolute atomic E-state index is 11.9. The quantitative estimate of drug-likeness (QED) is 0.708. The van der Waals surface area contributed by atoms with Gasteiger partial charge in [-0.15, -0.1) is 0 Å². The van der Waals surface area contributed by atoms with Crippen LogP contribution in [0.3, 0.4) is 0 Å². The van der Waals surface area contributed by atoms with Gasteiger partial charge < -0.3 is 15.3 Å². The molecule has 1 atom stereocenters. The van der Waals surface area contributed by atoms with Crippen molar-refractivity contribution in [3.8, 4) is 0 Å². The van der Waals surface area contributed by atoms with Crippen LogP contribution in [0.15, 0.2) is 0 Å². The number of carbonyl (C=O) groups excluding carboxylic acids is 1. The van der Waals surface area contributed by atoms with Gasteiger partial charge in [0.05, 0.1) is 0 Å². The molecule has 0 aliphatic carbocycles. The molecule has 0 rings (SSSR count). The summed E-state index contributed by atoms with van der Waals surface area (Å²) in [6.45, 7) is 6.75. The standard InChI is InChI=1S/C12H24N2O3S/c1-9(2)6-14(7-11(15)16)12(17)13-5-10(3)8-18-4/h9-10H,5-8H2,1-4H3,(H,13,17)(H,15,16). The van der Waals surface area contributed by atoms with Crippen LogP contribution in [0.1, 0.15) is 20.8 Å². The molecule has 0 aromatic carbocycles. The number of urea groups is 1. The number of aliphatic carboxylic acids is 1. The fourth-order valence-electron chi connectivity index (χ4n) is 1.54. The van der Waals surface area contributed by atoms with Crippen LogP contribution in [0.5, 0.6) is 0 Å². The van der Waals surface area contributed by atoms with Crippen molar-refractivity contribution in [1.82, 2.24) is 10.2 Å². The minimum Gasteiger partial charge on any atom is -0.480 e. The molecular formula is C12H24N2O3S. The summed E-state index contributed by atoms with van der Waals surface area (Å²) in [6, 6.07) is -0.293. The van der Waals surface area contributed by atoms with E-state index in [4.69, 9.17) is 5.11 Å². The van der Waals surface area contributed by atoms with E-state index in [1.54, 1.807) is 11.8 Å². The molecule has 0 aromatic rings. The molecule has 0 aliphatic heterocycles. The zero-order valence-corrected chi connectivity index (χ0v) is 12.4. The molecule has 0 saturated carbocycles. The number of nitrogens with zero attached hydrogens (tertiary/aromatic N) is 1. The highest BCUT2D eigenvalue weighted by Crippen LogP contribution is 2.04. The maximum Gasteiger partial charge on any atom is 0.323 e. The Bertz CT molecular complexity index is 272. The van der Waals surface area contributed by atoms with Gasteiger partial charge in [-0.05, 0) is 23.8 Å². The molecule has 0 fully saturated rings. The van der Waals surface area contributed by atoms with Crippen LogP contribution < -0.4 is 5.32 Å². The van der Waals surface area contributed by atoms with E-state index in [0.29, 0.717) is 19.0 Å². The molecule has 0 aromatic heterocycles. The Kier molecular flexibility index (Phi) is 8.62. The molecule has 0 saturated heterocycles. The molecular weight excluding hydrogens is 252 g/mol. The molecule has 0 radical (unpaired) electrons. The number of rotatable bonds is 8. The number of carboxylic acids is 1. The van der Waals surface area contributed by atoms with Crippen molar-refractivity contribution in [3.05, 3.63) is 0 Å². The van der Waals surface area contributed by atoms with Crippen molar-refractivity contribution in [2.75, 3.05) is 31.6 Å². The molecule has 106 valence electrons. The van der Waals surface area contributed by atoms with Gasteiger partial charge in [0.25, 0.3) is 0 Å². The van der Waals surface area contributed by atoms with Gasteiger partial charge >= 0.3 is 12.0 Å². The lowest BCUT2D eigenvalue weighted by Gasteiger charge is -2.24. The lowest BCUT2D eigenvalue weighted by Crippen LogP contribution is -2.45. The molecule has 0 spiro atoms. The first-order chi connectivity index (χ1) is 8.36. The first-order valence-electron chi connectivity index (χ1n) is 6.10. The maximum atomic E-state index is 11.9. The molecule has 0 heterocycles. The van der Waals surface area contributed by atoms with Gasteiger partial charge in [0.1, 0.15) is 6.54 Å². The second-order valence-corrected chi connectivity index (χ2v) is 5.83. The largest absolute Gasteiger partial charge is 0.480 e. The van der Waals surface area contributed by atoms with Crippen molar-refractivity contribution in [2.24, 2.45) is 11.8 Å². The molecule has 6 heteroatoms. The fourth-order valence-corrected chi connectivity index (χ4v) is 2.23. The highest BCUT2D eigenvalue weighted by Gasteiger charge is 2.18.